The zero-order valence-electron chi connectivity index (χ0n) is 18.3. The van der Waals surface area contributed by atoms with Gasteiger partial charge in [0.15, 0.2) is 12.4 Å². The summed E-state index contributed by atoms with van der Waals surface area (Å²) in [6, 6.07) is 12.8. The third-order valence-corrected chi connectivity index (χ3v) is 5.50. The maximum Gasteiger partial charge on any atom is 0.326 e. The fourth-order valence-electron chi connectivity index (χ4n) is 3.82. The van der Waals surface area contributed by atoms with Gasteiger partial charge in [-0.05, 0) is 31.0 Å². The number of carbonyl (C=O) groups is 2. The lowest BCUT2D eigenvalue weighted by atomic mass is 10.0. The normalized spacial score (nSPS) is 14.0. The molecule has 0 saturated heterocycles. The number of aromatic nitrogens is 3. The van der Waals surface area contributed by atoms with Crippen LogP contribution >= 0.6 is 0 Å². The van der Waals surface area contributed by atoms with Crippen LogP contribution in [0.15, 0.2) is 59.7 Å². The highest BCUT2D eigenvalue weighted by Crippen LogP contribution is 2.30. The Hall–Kier alpha value is -3.78. The molecule has 0 spiro atoms. The Morgan fingerprint density at radius 2 is 1.69 bits per heavy atom. The first-order valence-electron chi connectivity index (χ1n) is 10.4. The van der Waals surface area contributed by atoms with E-state index in [1.807, 2.05) is 44.2 Å². The lowest BCUT2D eigenvalue weighted by Gasteiger charge is -2.12. The molecule has 1 aromatic carbocycles. The Morgan fingerprint density at radius 3 is 2.31 bits per heavy atom. The van der Waals surface area contributed by atoms with E-state index < -0.39 is 11.8 Å². The van der Waals surface area contributed by atoms with Gasteiger partial charge in [-0.2, -0.15) is 4.57 Å². The summed E-state index contributed by atoms with van der Waals surface area (Å²) < 4.78 is 8.10. The first-order chi connectivity index (χ1) is 15.5. The van der Waals surface area contributed by atoms with Crippen LogP contribution < -0.4 is 10.1 Å². The molecule has 1 aliphatic heterocycles. The number of pyridine rings is 1. The zero-order chi connectivity index (χ0) is 22.8. The second-order valence-corrected chi connectivity index (χ2v) is 7.56. The van der Waals surface area contributed by atoms with Crippen LogP contribution in [0.3, 0.4) is 0 Å². The summed E-state index contributed by atoms with van der Waals surface area (Å²) in [7, 11) is 1.51. The van der Waals surface area contributed by atoms with Crippen molar-refractivity contribution >= 4 is 23.1 Å². The first-order valence-corrected chi connectivity index (χ1v) is 10.4. The van der Waals surface area contributed by atoms with E-state index in [-0.39, 0.29) is 35.5 Å². The molecule has 0 saturated carbocycles. The number of nitrogens with one attached hydrogen (secondary N) is 1. The van der Waals surface area contributed by atoms with E-state index in [1.165, 1.54) is 11.8 Å². The molecule has 0 bridgehead atoms. The van der Waals surface area contributed by atoms with Gasteiger partial charge in [-0.3, -0.25) is 24.4 Å². The van der Waals surface area contributed by atoms with E-state index >= 15 is 0 Å². The number of carbonyl (C=O) groups excluding carboxylic acids is 2. The second-order valence-electron chi connectivity index (χ2n) is 7.56. The van der Waals surface area contributed by atoms with Gasteiger partial charge < -0.3 is 4.74 Å². The number of aromatic amines is 1. The number of rotatable bonds is 7. The lowest BCUT2D eigenvalue weighted by molar-refractivity contribution is -0.577. The van der Waals surface area contributed by atoms with Gasteiger partial charge in [0.05, 0.1) is 24.4 Å². The molecule has 1 N–H and O–H groups in total. The van der Waals surface area contributed by atoms with Crippen molar-refractivity contribution in [3.8, 4) is 5.69 Å². The molecule has 2 aromatic heterocycles. The lowest BCUT2D eigenvalue weighted by Crippen LogP contribution is -2.40. The second kappa shape index (κ2) is 8.76. The molecule has 1 aliphatic rings. The number of hydrogen-bond donors (Lipinski definition) is 1. The Bertz CT molecular complexity index is 1250. The van der Waals surface area contributed by atoms with Crippen LogP contribution in [-0.2, 0) is 20.7 Å². The summed E-state index contributed by atoms with van der Waals surface area (Å²) in [5, 5.41) is 3.12. The molecular weight excluding hydrogens is 408 g/mol. The minimum atomic E-state index is -0.499. The van der Waals surface area contributed by atoms with Crippen molar-refractivity contribution in [2.45, 2.75) is 20.3 Å². The molecule has 164 valence electrons. The number of hydrogen-bond acceptors (Lipinski definition) is 4. The fourth-order valence-corrected chi connectivity index (χ4v) is 3.82. The van der Waals surface area contributed by atoms with E-state index in [4.69, 9.17) is 4.74 Å². The summed E-state index contributed by atoms with van der Waals surface area (Å²) in [5.41, 5.74) is 2.37. The predicted octanol–water partition coefficient (Wildman–Crippen LogP) is 1.71. The third-order valence-electron chi connectivity index (χ3n) is 5.50. The Balaban J connectivity index is 1.96. The number of aryl methyl sites for hydroxylation is 2. The van der Waals surface area contributed by atoms with Crippen LogP contribution in [0.1, 0.15) is 23.7 Å². The van der Waals surface area contributed by atoms with Crippen LogP contribution in [-0.4, -0.2) is 46.8 Å². The SMILES string of the molecule is CCc1[nH]n(-c2ccccc2)c(=O)c1C1=C([n+]2ccc(C)cc2)C(=O)N(CCOC)C1=O. The molecule has 8 nitrogen and oxygen atoms in total. The average Bonchev–Trinajstić information content (AvgIpc) is 3.26. The zero-order valence-corrected chi connectivity index (χ0v) is 18.3. The smallest absolute Gasteiger partial charge is 0.326 e. The molecule has 0 radical (unpaired) electrons. The quantitative estimate of drug-likeness (QED) is 0.454. The maximum atomic E-state index is 13.5. The number of benzene rings is 1. The number of nitrogens with zero attached hydrogens (tertiary/aromatic N) is 3. The van der Waals surface area contributed by atoms with E-state index in [1.54, 1.807) is 29.1 Å². The highest BCUT2D eigenvalue weighted by Gasteiger charge is 2.47. The van der Waals surface area contributed by atoms with Gasteiger partial charge in [-0.1, -0.05) is 25.1 Å². The highest BCUT2D eigenvalue weighted by atomic mass is 16.5. The van der Waals surface area contributed by atoms with Crippen molar-refractivity contribution in [1.82, 2.24) is 14.7 Å². The van der Waals surface area contributed by atoms with Crippen molar-refractivity contribution < 1.29 is 18.9 Å². The Kier molecular flexibility index (Phi) is 5.87. The molecule has 3 aromatic rings. The topological polar surface area (TPSA) is 88.3 Å². The average molecular weight is 433 g/mol. The molecule has 0 unspecified atom stereocenters. The third kappa shape index (κ3) is 3.58. The van der Waals surface area contributed by atoms with Crippen molar-refractivity contribution in [3.63, 3.8) is 0 Å². The van der Waals surface area contributed by atoms with Gasteiger partial charge in [0.1, 0.15) is 5.57 Å². The molecule has 3 heterocycles. The molecule has 2 amide bonds. The number of methoxy groups -OCH3 is 1. The fraction of sp³-hybridized carbons (Fsp3) is 0.250. The number of amides is 2. The molecular formula is C24H25N4O4+. The molecule has 32 heavy (non-hydrogen) atoms. The van der Waals surface area contributed by atoms with Gasteiger partial charge in [-0.25, -0.2) is 4.68 Å². The van der Waals surface area contributed by atoms with Crippen LogP contribution in [0.4, 0.5) is 0 Å². The van der Waals surface area contributed by atoms with Crippen LogP contribution in [0.5, 0.6) is 0 Å². The minimum absolute atomic E-state index is 0.104. The number of para-hydroxylation sites is 1. The Labute approximate surface area is 185 Å². The monoisotopic (exact) mass is 433 g/mol. The molecule has 0 atom stereocenters. The van der Waals surface area contributed by atoms with Crippen LogP contribution in [0.25, 0.3) is 17.0 Å². The molecule has 0 aliphatic carbocycles. The van der Waals surface area contributed by atoms with Gasteiger partial charge in [-0.15, -0.1) is 0 Å². The largest absolute Gasteiger partial charge is 0.383 e. The van der Waals surface area contributed by atoms with E-state index in [0.29, 0.717) is 17.8 Å². The summed E-state index contributed by atoms with van der Waals surface area (Å²) >= 11 is 0. The number of ether oxygens (including phenoxy) is 1. The minimum Gasteiger partial charge on any atom is -0.383 e. The predicted molar refractivity (Wildman–Crippen MR) is 119 cm³/mol. The summed E-state index contributed by atoms with van der Waals surface area (Å²) in [6.07, 6.45) is 3.94. The maximum absolute atomic E-state index is 13.5. The summed E-state index contributed by atoms with van der Waals surface area (Å²) in [5.74, 6) is -0.953. The molecule has 8 heteroatoms. The van der Waals surface area contributed by atoms with Crippen LogP contribution in [0, 0.1) is 6.92 Å². The van der Waals surface area contributed by atoms with Crippen LogP contribution in [0.2, 0.25) is 0 Å². The van der Waals surface area contributed by atoms with Crippen molar-refractivity contribution in [2.24, 2.45) is 0 Å². The summed E-state index contributed by atoms with van der Waals surface area (Å²) in [4.78, 5) is 41.4. The summed E-state index contributed by atoms with van der Waals surface area (Å²) in [6.45, 7) is 4.14. The van der Waals surface area contributed by atoms with E-state index in [9.17, 15) is 14.4 Å². The van der Waals surface area contributed by atoms with Gasteiger partial charge in [0.2, 0.25) is 0 Å². The standard InChI is InChI=1S/C24H24N4O4/c1-4-18-19(23(30)28(25-18)17-8-6-5-7-9-17)20-21(26-12-10-16(2)11-13-26)24(31)27(22(20)29)14-15-32-3/h5-13H,4,14-15H2,1-3H3/p+1. The van der Waals surface area contributed by atoms with Gasteiger partial charge in [0, 0.05) is 24.9 Å². The number of H-pyrrole nitrogens is 1. The van der Waals surface area contributed by atoms with Gasteiger partial charge >= 0.3 is 5.91 Å². The highest BCUT2D eigenvalue weighted by molar-refractivity contribution is 6.44. The van der Waals surface area contributed by atoms with Crippen molar-refractivity contribution in [2.75, 3.05) is 20.3 Å². The van der Waals surface area contributed by atoms with Crippen molar-refractivity contribution in [3.05, 3.63) is 82.0 Å². The van der Waals surface area contributed by atoms with E-state index in [2.05, 4.69) is 5.10 Å². The van der Waals surface area contributed by atoms with E-state index in [0.717, 1.165) is 10.5 Å². The number of imide groups is 1. The first kappa shape index (κ1) is 21.5. The van der Waals surface area contributed by atoms with Gasteiger partial charge in [0.25, 0.3) is 17.2 Å². The molecule has 4 rings (SSSR count). The van der Waals surface area contributed by atoms with Crippen molar-refractivity contribution in [1.29, 1.82) is 0 Å². The molecule has 0 fully saturated rings. The Morgan fingerprint density at radius 1 is 1.00 bits per heavy atom.